The first-order valence-electron chi connectivity index (χ1n) is 8.97. The summed E-state index contributed by atoms with van der Waals surface area (Å²) in [6.07, 6.45) is 12.2. The molecule has 2 saturated heterocycles. The maximum atomic E-state index is 6.24. The fraction of sp³-hybridized carbons (Fsp3) is 1.00. The third-order valence-electron chi connectivity index (χ3n) is 5.61. The van der Waals surface area contributed by atoms with E-state index in [1.54, 1.807) is 0 Å². The highest BCUT2D eigenvalue weighted by molar-refractivity contribution is 4.89. The number of nitrogens with zero attached hydrogens (tertiary/aromatic N) is 1. The van der Waals surface area contributed by atoms with Gasteiger partial charge in [-0.3, -0.25) is 4.90 Å². The van der Waals surface area contributed by atoms with Gasteiger partial charge in [0.1, 0.15) is 0 Å². The van der Waals surface area contributed by atoms with Crippen molar-refractivity contribution in [2.24, 2.45) is 5.92 Å². The molecule has 3 heteroatoms. The highest BCUT2D eigenvalue weighted by Crippen LogP contribution is 2.36. The number of likely N-dealkylation sites (tertiary alicyclic amines) is 1. The molecular weight excluding hydrogens is 248 g/mol. The molecule has 3 rings (SSSR count). The summed E-state index contributed by atoms with van der Waals surface area (Å²) >= 11 is 0. The van der Waals surface area contributed by atoms with Crippen LogP contribution in [0, 0.1) is 5.92 Å². The van der Waals surface area contributed by atoms with Gasteiger partial charge in [-0.15, -0.1) is 0 Å². The molecule has 0 radical (unpaired) electrons. The summed E-state index contributed by atoms with van der Waals surface area (Å²) in [7, 11) is 0. The SMILES string of the molecule is CCNCC1CCC(CN2CCC[C@H]3CCCC[C@H]32)O1. The maximum Gasteiger partial charge on any atom is 0.0707 e. The minimum Gasteiger partial charge on any atom is -0.372 e. The zero-order chi connectivity index (χ0) is 13.8. The van der Waals surface area contributed by atoms with Gasteiger partial charge in [-0.2, -0.15) is 0 Å². The molecule has 116 valence electrons. The molecule has 0 aromatic carbocycles. The monoisotopic (exact) mass is 280 g/mol. The van der Waals surface area contributed by atoms with E-state index in [4.69, 9.17) is 4.74 Å². The van der Waals surface area contributed by atoms with Crippen molar-refractivity contribution in [2.75, 3.05) is 26.2 Å². The van der Waals surface area contributed by atoms with Gasteiger partial charge < -0.3 is 10.1 Å². The summed E-state index contributed by atoms with van der Waals surface area (Å²) in [4.78, 5) is 2.79. The number of likely N-dealkylation sites (N-methyl/N-ethyl adjacent to an activating group) is 1. The fourth-order valence-corrected chi connectivity index (χ4v) is 4.59. The minimum absolute atomic E-state index is 0.465. The van der Waals surface area contributed by atoms with E-state index >= 15 is 0 Å². The highest BCUT2D eigenvalue weighted by atomic mass is 16.5. The molecule has 3 aliphatic rings. The van der Waals surface area contributed by atoms with Crippen LogP contribution in [0.3, 0.4) is 0 Å². The lowest BCUT2D eigenvalue weighted by atomic mass is 9.78. The summed E-state index contributed by atoms with van der Waals surface area (Å²) in [6, 6.07) is 0.883. The van der Waals surface area contributed by atoms with Crippen molar-refractivity contribution in [2.45, 2.75) is 76.5 Å². The molecule has 2 unspecified atom stereocenters. The van der Waals surface area contributed by atoms with Crippen LogP contribution in [-0.2, 0) is 4.74 Å². The van der Waals surface area contributed by atoms with Crippen LogP contribution in [0.15, 0.2) is 0 Å². The van der Waals surface area contributed by atoms with Gasteiger partial charge in [-0.25, -0.2) is 0 Å². The van der Waals surface area contributed by atoms with Gasteiger partial charge in [0, 0.05) is 19.1 Å². The second kappa shape index (κ2) is 7.24. The Hall–Kier alpha value is -0.120. The molecule has 0 aromatic rings. The van der Waals surface area contributed by atoms with Crippen molar-refractivity contribution in [3.63, 3.8) is 0 Å². The van der Waals surface area contributed by atoms with Gasteiger partial charge in [0.25, 0.3) is 0 Å². The Morgan fingerprint density at radius 3 is 2.70 bits per heavy atom. The van der Waals surface area contributed by atoms with Crippen LogP contribution >= 0.6 is 0 Å². The molecule has 0 amide bonds. The van der Waals surface area contributed by atoms with E-state index in [2.05, 4.69) is 17.1 Å². The van der Waals surface area contributed by atoms with Crippen molar-refractivity contribution in [3.8, 4) is 0 Å². The van der Waals surface area contributed by atoms with E-state index in [0.29, 0.717) is 12.2 Å². The third kappa shape index (κ3) is 3.55. The largest absolute Gasteiger partial charge is 0.372 e. The van der Waals surface area contributed by atoms with Crippen molar-refractivity contribution in [1.29, 1.82) is 0 Å². The summed E-state index contributed by atoms with van der Waals surface area (Å²) < 4.78 is 6.24. The summed E-state index contributed by atoms with van der Waals surface area (Å²) in [6.45, 7) is 6.78. The lowest BCUT2D eigenvalue weighted by Crippen LogP contribution is -2.49. The fourth-order valence-electron chi connectivity index (χ4n) is 4.59. The van der Waals surface area contributed by atoms with Crippen molar-refractivity contribution in [3.05, 3.63) is 0 Å². The second-order valence-corrected chi connectivity index (χ2v) is 7.01. The van der Waals surface area contributed by atoms with Gasteiger partial charge in [-0.1, -0.05) is 19.8 Å². The number of rotatable bonds is 5. The Kier molecular flexibility index (Phi) is 5.36. The smallest absolute Gasteiger partial charge is 0.0707 e. The average molecular weight is 280 g/mol. The lowest BCUT2D eigenvalue weighted by molar-refractivity contribution is -0.0124. The van der Waals surface area contributed by atoms with Crippen molar-refractivity contribution in [1.82, 2.24) is 10.2 Å². The summed E-state index contributed by atoms with van der Waals surface area (Å²) in [5.41, 5.74) is 0. The Labute approximate surface area is 124 Å². The Balaban J connectivity index is 1.47. The van der Waals surface area contributed by atoms with E-state index in [1.165, 1.54) is 64.5 Å². The topological polar surface area (TPSA) is 24.5 Å². The first kappa shape index (κ1) is 14.8. The van der Waals surface area contributed by atoms with Crippen LogP contribution < -0.4 is 5.32 Å². The van der Waals surface area contributed by atoms with E-state index < -0.39 is 0 Å². The second-order valence-electron chi connectivity index (χ2n) is 7.01. The van der Waals surface area contributed by atoms with Crippen LogP contribution in [-0.4, -0.2) is 49.3 Å². The van der Waals surface area contributed by atoms with Crippen LogP contribution in [0.4, 0.5) is 0 Å². The van der Waals surface area contributed by atoms with E-state index in [9.17, 15) is 0 Å². The molecule has 4 atom stereocenters. The van der Waals surface area contributed by atoms with Gasteiger partial charge in [0.05, 0.1) is 12.2 Å². The molecule has 1 saturated carbocycles. The van der Waals surface area contributed by atoms with Crippen LogP contribution in [0.2, 0.25) is 0 Å². The Morgan fingerprint density at radius 1 is 1.00 bits per heavy atom. The number of ether oxygens (including phenoxy) is 1. The molecule has 1 aliphatic carbocycles. The number of fused-ring (bicyclic) bond motifs is 1. The van der Waals surface area contributed by atoms with Gasteiger partial charge in [-0.05, 0) is 57.5 Å². The Morgan fingerprint density at radius 2 is 1.80 bits per heavy atom. The number of hydrogen-bond donors (Lipinski definition) is 1. The number of nitrogens with one attached hydrogen (secondary N) is 1. The van der Waals surface area contributed by atoms with Gasteiger partial charge in [0.15, 0.2) is 0 Å². The number of piperidine rings is 1. The van der Waals surface area contributed by atoms with Crippen molar-refractivity contribution < 1.29 is 4.74 Å². The Bertz CT molecular complexity index is 295. The molecule has 3 nitrogen and oxygen atoms in total. The van der Waals surface area contributed by atoms with Crippen LogP contribution in [0.25, 0.3) is 0 Å². The van der Waals surface area contributed by atoms with E-state index in [-0.39, 0.29) is 0 Å². The third-order valence-corrected chi connectivity index (χ3v) is 5.61. The normalized spacial score (nSPS) is 38.9. The molecule has 0 aromatic heterocycles. The molecule has 2 heterocycles. The lowest BCUT2D eigenvalue weighted by Gasteiger charge is -2.45. The molecule has 3 fully saturated rings. The van der Waals surface area contributed by atoms with Crippen LogP contribution in [0.5, 0.6) is 0 Å². The number of hydrogen-bond acceptors (Lipinski definition) is 3. The van der Waals surface area contributed by atoms with Crippen LogP contribution in [0.1, 0.15) is 58.3 Å². The molecule has 1 N–H and O–H groups in total. The summed E-state index contributed by atoms with van der Waals surface area (Å²) in [5.74, 6) is 0.997. The zero-order valence-electron chi connectivity index (χ0n) is 13.2. The molecule has 20 heavy (non-hydrogen) atoms. The first-order chi connectivity index (χ1) is 9.86. The van der Waals surface area contributed by atoms with E-state index in [1.807, 2.05) is 0 Å². The quantitative estimate of drug-likeness (QED) is 0.838. The first-order valence-corrected chi connectivity index (χ1v) is 8.97. The standard InChI is InChI=1S/C17H32N2O/c1-2-18-12-15-9-10-16(20-15)13-19-11-5-7-14-6-3-4-8-17(14)19/h14-18H,2-13H2,1H3/t14-,15?,16?,17-/m1/s1. The maximum absolute atomic E-state index is 6.24. The van der Waals surface area contributed by atoms with E-state index in [0.717, 1.165) is 25.0 Å². The van der Waals surface area contributed by atoms with Gasteiger partial charge >= 0.3 is 0 Å². The molecule has 0 spiro atoms. The summed E-state index contributed by atoms with van der Waals surface area (Å²) in [5, 5.41) is 3.42. The van der Waals surface area contributed by atoms with Crippen molar-refractivity contribution >= 4 is 0 Å². The highest BCUT2D eigenvalue weighted by Gasteiger charge is 2.35. The molecule has 0 bridgehead atoms. The minimum atomic E-state index is 0.465. The molecular formula is C17H32N2O. The predicted octanol–water partition coefficient (Wildman–Crippen LogP) is 2.80. The molecule has 2 aliphatic heterocycles. The van der Waals surface area contributed by atoms with Gasteiger partial charge in [0.2, 0.25) is 0 Å². The average Bonchev–Trinajstić information content (AvgIpc) is 2.93. The zero-order valence-corrected chi connectivity index (χ0v) is 13.2. The predicted molar refractivity (Wildman–Crippen MR) is 83.0 cm³/mol.